The first-order chi connectivity index (χ1) is 14.9. The molecule has 7 heteroatoms. The van der Waals surface area contributed by atoms with Gasteiger partial charge in [-0.15, -0.1) is 0 Å². The smallest absolute Gasteiger partial charge is 0.150 e. The molecule has 1 atom stereocenters. The van der Waals surface area contributed by atoms with Gasteiger partial charge in [0.2, 0.25) is 0 Å². The molecule has 31 heavy (non-hydrogen) atoms. The Morgan fingerprint density at radius 1 is 1.23 bits per heavy atom. The van der Waals surface area contributed by atoms with Gasteiger partial charge >= 0.3 is 0 Å². The molecule has 4 rings (SSSR count). The predicted molar refractivity (Wildman–Crippen MR) is 125 cm³/mol. The number of hydrogen-bond donors (Lipinski definition) is 1. The Morgan fingerprint density at radius 3 is 2.77 bits per heavy atom. The van der Waals surface area contributed by atoms with Crippen LogP contribution in [-0.4, -0.2) is 38.1 Å². The fourth-order valence-electron chi connectivity index (χ4n) is 4.93. The summed E-state index contributed by atoms with van der Waals surface area (Å²) in [6.07, 6.45) is 5.50. The monoisotopic (exact) mass is 462 g/mol. The lowest BCUT2D eigenvalue weighted by molar-refractivity contribution is 0.159. The van der Waals surface area contributed by atoms with Gasteiger partial charge < -0.3 is 10.1 Å². The van der Waals surface area contributed by atoms with Crippen molar-refractivity contribution in [3.8, 4) is 5.75 Å². The van der Waals surface area contributed by atoms with Crippen LogP contribution in [0.1, 0.15) is 61.9 Å². The normalized spacial score (nSPS) is 20.0. The van der Waals surface area contributed by atoms with Crippen molar-refractivity contribution in [1.82, 2.24) is 10.3 Å². The Balaban J connectivity index is 1.51. The molecule has 0 saturated heterocycles. The highest BCUT2D eigenvalue weighted by Gasteiger charge is 2.48. The fourth-order valence-corrected chi connectivity index (χ4v) is 6.48. The molecule has 1 aliphatic carbocycles. The predicted octanol–water partition coefficient (Wildman–Crippen LogP) is 4.64. The number of pyridine rings is 1. The molecule has 2 aliphatic rings. The van der Waals surface area contributed by atoms with Crippen molar-refractivity contribution in [3.05, 3.63) is 58.4 Å². The standard InChI is InChI=1S/C24H31ClN2O3S/c1-2-15-31(28,29)16-5-14-30-19-9-8-18-10-13-26-23(20(18)17-19)24(11-4-12-24)21-6-3-7-22(25)27-21/h3,6-9,17,23,26H,2,4-5,10-16H2,1H3. The quantitative estimate of drug-likeness (QED) is 0.434. The summed E-state index contributed by atoms with van der Waals surface area (Å²) >= 11 is 6.22. The maximum Gasteiger partial charge on any atom is 0.150 e. The summed E-state index contributed by atoms with van der Waals surface area (Å²) in [4.78, 5) is 4.67. The second kappa shape index (κ2) is 9.47. The number of ether oxygens (including phenoxy) is 1. The van der Waals surface area contributed by atoms with E-state index in [0.717, 1.165) is 37.3 Å². The van der Waals surface area contributed by atoms with E-state index in [-0.39, 0.29) is 23.0 Å². The third kappa shape index (κ3) is 4.91. The molecule has 1 fully saturated rings. The molecule has 0 amide bonds. The fraction of sp³-hybridized carbons (Fsp3) is 0.542. The van der Waals surface area contributed by atoms with Crippen LogP contribution in [0.25, 0.3) is 0 Å². The minimum absolute atomic E-state index is 0.0487. The molecule has 1 N–H and O–H groups in total. The van der Waals surface area contributed by atoms with Crippen molar-refractivity contribution >= 4 is 21.4 Å². The molecule has 5 nitrogen and oxygen atoms in total. The van der Waals surface area contributed by atoms with Crippen LogP contribution in [0.5, 0.6) is 5.75 Å². The maximum atomic E-state index is 11.9. The molecule has 1 unspecified atom stereocenters. The van der Waals surface area contributed by atoms with Crippen molar-refractivity contribution in [2.24, 2.45) is 0 Å². The summed E-state index contributed by atoms with van der Waals surface area (Å²) < 4.78 is 29.8. The van der Waals surface area contributed by atoms with Crippen LogP contribution in [0.3, 0.4) is 0 Å². The number of halogens is 1. The van der Waals surface area contributed by atoms with Gasteiger partial charge in [-0.3, -0.25) is 0 Å². The average molecular weight is 463 g/mol. The van der Waals surface area contributed by atoms with E-state index in [9.17, 15) is 8.42 Å². The summed E-state index contributed by atoms with van der Waals surface area (Å²) in [7, 11) is -2.97. The van der Waals surface area contributed by atoms with Crippen LogP contribution in [0.2, 0.25) is 5.15 Å². The summed E-state index contributed by atoms with van der Waals surface area (Å²) in [6.45, 7) is 3.23. The van der Waals surface area contributed by atoms with Gasteiger partial charge in [-0.2, -0.15) is 0 Å². The molecular formula is C24H31ClN2O3S. The van der Waals surface area contributed by atoms with Crippen LogP contribution >= 0.6 is 11.6 Å². The number of rotatable bonds is 9. The van der Waals surface area contributed by atoms with E-state index in [1.165, 1.54) is 17.5 Å². The Bertz CT molecular complexity index is 1020. The number of hydrogen-bond acceptors (Lipinski definition) is 5. The highest BCUT2D eigenvalue weighted by Crippen LogP contribution is 2.53. The minimum atomic E-state index is -2.97. The Hall–Kier alpha value is -1.63. The first-order valence-corrected chi connectivity index (χ1v) is 13.5. The first-order valence-electron chi connectivity index (χ1n) is 11.3. The Morgan fingerprint density at radius 2 is 2.06 bits per heavy atom. The van der Waals surface area contributed by atoms with Crippen LogP contribution in [0.15, 0.2) is 36.4 Å². The molecule has 2 aromatic rings. The first kappa shape index (κ1) is 22.6. The number of fused-ring (bicyclic) bond motifs is 1. The molecule has 1 aromatic heterocycles. The molecule has 0 radical (unpaired) electrons. The zero-order valence-corrected chi connectivity index (χ0v) is 19.6. The lowest BCUT2D eigenvalue weighted by Crippen LogP contribution is -2.49. The van der Waals surface area contributed by atoms with Crippen LogP contribution in [-0.2, 0) is 21.7 Å². The van der Waals surface area contributed by atoms with Gasteiger partial charge in [0.05, 0.1) is 18.1 Å². The summed E-state index contributed by atoms with van der Waals surface area (Å²) in [6, 6.07) is 12.4. The lowest BCUT2D eigenvalue weighted by atomic mass is 9.59. The third-order valence-corrected chi connectivity index (χ3v) is 8.73. The van der Waals surface area contributed by atoms with Gasteiger partial charge in [-0.1, -0.05) is 37.1 Å². The van der Waals surface area contributed by atoms with Crippen LogP contribution in [0.4, 0.5) is 0 Å². The number of nitrogens with one attached hydrogen (secondary N) is 1. The molecular weight excluding hydrogens is 432 g/mol. The van der Waals surface area contributed by atoms with Gasteiger partial charge in [-0.05, 0) is 74.0 Å². The summed E-state index contributed by atoms with van der Waals surface area (Å²) in [5, 5.41) is 4.28. The molecule has 1 saturated carbocycles. The second-order valence-corrected chi connectivity index (χ2v) is 11.4. The summed E-state index contributed by atoms with van der Waals surface area (Å²) in [5.41, 5.74) is 3.62. The van der Waals surface area contributed by atoms with Crippen molar-refractivity contribution in [2.75, 3.05) is 24.7 Å². The van der Waals surface area contributed by atoms with Crippen molar-refractivity contribution in [1.29, 1.82) is 0 Å². The van der Waals surface area contributed by atoms with E-state index in [2.05, 4.69) is 28.5 Å². The number of nitrogens with zero attached hydrogens (tertiary/aromatic N) is 1. The van der Waals surface area contributed by atoms with E-state index >= 15 is 0 Å². The van der Waals surface area contributed by atoms with Gasteiger partial charge in [0.25, 0.3) is 0 Å². The van der Waals surface area contributed by atoms with Gasteiger partial charge in [0.1, 0.15) is 20.7 Å². The molecule has 0 bridgehead atoms. The highest BCUT2D eigenvalue weighted by molar-refractivity contribution is 7.91. The van der Waals surface area contributed by atoms with E-state index in [1.54, 1.807) is 0 Å². The van der Waals surface area contributed by atoms with E-state index in [1.807, 2.05) is 25.1 Å². The number of sulfone groups is 1. The molecule has 1 aliphatic heterocycles. The van der Waals surface area contributed by atoms with Gasteiger partial charge in [0, 0.05) is 17.2 Å². The average Bonchev–Trinajstić information content (AvgIpc) is 2.71. The molecule has 2 heterocycles. The lowest BCUT2D eigenvalue weighted by Gasteiger charge is -2.49. The van der Waals surface area contributed by atoms with Crippen molar-refractivity contribution in [2.45, 2.75) is 56.9 Å². The maximum absolute atomic E-state index is 11.9. The van der Waals surface area contributed by atoms with E-state index in [0.29, 0.717) is 24.6 Å². The Labute approximate surface area is 190 Å². The van der Waals surface area contributed by atoms with Crippen molar-refractivity contribution < 1.29 is 13.2 Å². The zero-order chi connectivity index (χ0) is 21.9. The second-order valence-electron chi connectivity index (χ2n) is 8.71. The SMILES string of the molecule is CCCS(=O)(=O)CCCOc1ccc2c(c1)C(C1(c3cccc(Cl)n3)CCC1)NCC2. The number of aromatic nitrogens is 1. The molecule has 1 aromatic carbocycles. The van der Waals surface area contributed by atoms with E-state index in [4.69, 9.17) is 16.3 Å². The Kier molecular flexibility index (Phi) is 6.89. The highest BCUT2D eigenvalue weighted by atomic mass is 35.5. The topological polar surface area (TPSA) is 68.3 Å². The minimum Gasteiger partial charge on any atom is -0.494 e. The van der Waals surface area contributed by atoms with Crippen molar-refractivity contribution in [3.63, 3.8) is 0 Å². The summed E-state index contributed by atoms with van der Waals surface area (Å²) in [5.74, 6) is 1.23. The molecule has 0 spiro atoms. The van der Waals surface area contributed by atoms with E-state index < -0.39 is 9.84 Å². The van der Waals surface area contributed by atoms with Gasteiger partial charge in [-0.25, -0.2) is 13.4 Å². The van der Waals surface area contributed by atoms with Gasteiger partial charge in [0.15, 0.2) is 0 Å². The third-order valence-electron chi connectivity index (χ3n) is 6.58. The zero-order valence-electron chi connectivity index (χ0n) is 18.1. The largest absolute Gasteiger partial charge is 0.494 e. The van der Waals surface area contributed by atoms with Crippen LogP contribution in [0, 0.1) is 0 Å². The molecule has 168 valence electrons. The number of benzene rings is 1. The van der Waals surface area contributed by atoms with Crippen LogP contribution < -0.4 is 10.1 Å².